The van der Waals surface area contributed by atoms with E-state index in [1.54, 1.807) is 22.3 Å². The Kier molecular flexibility index (Phi) is 4.79. The molecular weight excluding hydrogens is 370 g/mol. The number of para-hydroxylation sites is 1. The Bertz CT molecular complexity index is 1160. The van der Waals surface area contributed by atoms with Crippen molar-refractivity contribution < 1.29 is 9.32 Å². The molecule has 6 heteroatoms. The number of benzene rings is 1. The second-order valence-corrected chi connectivity index (χ2v) is 7.74. The Hall–Kier alpha value is -3.25. The van der Waals surface area contributed by atoms with Gasteiger partial charge in [-0.25, -0.2) is 4.98 Å². The quantitative estimate of drug-likeness (QED) is 0.429. The van der Waals surface area contributed by atoms with E-state index in [1.165, 1.54) is 4.88 Å². The van der Waals surface area contributed by atoms with Gasteiger partial charge in [0.05, 0.1) is 27.2 Å². The van der Waals surface area contributed by atoms with Crippen LogP contribution in [-0.4, -0.2) is 22.6 Å². The van der Waals surface area contributed by atoms with Gasteiger partial charge in [0.1, 0.15) is 0 Å². The molecule has 0 spiro atoms. The predicted octanol–water partition coefficient (Wildman–Crippen LogP) is 5.40. The number of aromatic nitrogens is 2. The molecule has 0 fully saturated rings. The zero-order valence-corrected chi connectivity index (χ0v) is 16.5. The number of fused-ring (bicyclic) bond motifs is 1. The number of hydrogen-bond donors (Lipinski definition) is 0. The molecule has 4 rings (SSSR count). The molecule has 0 saturated carbocycles. The Balaban J connectivity index is 1.89. The molecule has 0 unspecified atom stereocenters. The van der Waals surface area contributed by atoms with Crippen LogP contribution in [0, 0.1) is 13.8 Å². The zero-order valence-electron chi connectivity index (χ0n) is 15.7. The number of hydrogen-bond acceptors (Lipinski definition) is 5. The van der Waals surface area contributed by atoms with Crippen molar-refractivity contribution in [1.82, 2.24) is 10.1 Å². The monoisotopic (exact) mass is 389 g/mol. The van der Waals surface area contributed by atoms with E-state index in [4.69, 9.17) is 4.52 Å². The van der Waals surface area contributed by atoms with E-state index >= 15 is 0 Å². The van der Waals surface area contributed by atoms with Gasteiger partial charge in [0.2, 0.25) is 0 Å². The van der Waals surface area contributed by atoms with E-state index in [0.717, 1.165) is 10.6 Å². The Morgan fingerprint density at radius 1 is 1.21 bits per heavy atom. The Morgan fingerprint density at radius 3 is 2.68 bits per heavy atom. The van der Waals surface area contributed by atoms with Crippen LogP contribution in [0.2, 0.25) is 0 Å². The highest BCUT2D eigenvalue weighted by Gasteiger charge is 2.24. The molecule has 0 aliphatic heterocycles. The van der Waals surface area contributed by atoms with Crippen molar-refractivity contribution in [3.05, 3.63) is 77.3 Å². The number of carbonyl (C=O) groups excluding carboxylic acids is 1. The highest BCUT2D eigenvalue weighted by atomic mass is 32.1. The number of nitrogens with zero attached hydrogens (tertiary/aromatic N) is 3. The van der Waals surface area contributed by atoms with Gasteiger partial charge in [-0.15, -0.1) is 17.9 Å². The molecule has 0 bridgehead atoms. The topological polar surface area (TPSA) is 59.2 Å². The van der Waals surface area contributed by atoms with Gasteiger partial charge in [0.25, 0.3) is 11.6 Å². The first-order chi connectivity index (χ1) is 13.6. The van der Waals surface area contributed by atoms with Crippen LogP contribution in [-0.2, 0) is 0 Å². The summed E-state index contributed by atoms with van der Waals surface area (Å²) in [7, 11) is 0. The third-order valence-corrected chi connectivity index (χ3v) is 5.49. The van der Waals surface area contributed by atoms with Crippen LogP contribution in [0.4, 0.5) is 5.69 Å². The summed E-state index contributed by atoms with van der Waals surface area (Å²) in [4.78, 5) is 22.0. The van der Waals surface area contributed by atoms with E-state index in [-0.39, 0.29) is 5.91 Å². The fourth-order valence-electron chi connectivity index (χ4n) is 3.15. The van der Waals surface area contributed by atoms with Crippen LogP contribution in [0.1, 0.15) is 20.9 Å². The Labute approximate surface area is 166 Å². The van der Waals surface area contributed by atoms with Crippen LogP contribution in [0.25, 0.3) is 21.7 Å². The van der Waals surface area contributed by atoms with Gasteiger partial charge in [0, 0.05) is 17.1 Å². The van der Waals surface area contributed by atoms with Crippen molar-refractivity contribution in [2.45, 2.75) is 13.8 Å². The molecule has 140 valence electrons. The summed E-state index contributed by atoms with van der Waals surface area (Å²) >= 11 is 1.63. The Morgan fingerprint density at radius 2 is 2.00 bits per heavy atom. The zero-order chi connectivity index (χ0) is 19.7. The standard InChI is InChI=1S/C22H19N3O2S/c1-4-12-25(16-8-6-5-7-9-16)22(26)17-13-18(19-11-10-14(2)28-19)23-21-20(17)15(3)24-27-21/h4-11,13H,1,12H2,2-3H3. The fourth-order valence-corrected chi connectivity index (χ4v) is 3.98. The van der Waals surface area contributed by atoms with Gasteiger partial charge >= 0.3 is 0 Å². The average molecular weight is 389 g/mol. The molecule has 3 heterocycles. The van der Waals surface area contributed by atoms with E-state index < -0.39 is 0 Å². The minimum absolute atomic E-state index is 0.140. The van der Waals surface area contributed by atoms with Gasteiger partial charge in [-0.05, 0) is 44.2 Å². The van der Waals surface area contributed by atoms with Gasteiger partial charge in [0.15, 0.2) is 0 Å². The number of aryl methyl sites for hydroxylation is 2. The van der Waals surface area contributed by atoms with E-state index in [2.05, 4.69) is 16.7 Å². The maximum atomic E-state index is 13.6. The lowest BCUT2D eigenvalue weighted by molar-refractivity contribution is 0.0991. The summed E-state index contributed by atoms with van der Waals surface area (Å²) in [5.74, 6) is -0.140. The molecule has 0 saturated heterocycles. The minimum Gasteiger partial charge on any atom is -0.335 e. The van der Waals surface area contributed by atoms with Crippen molar-refractivity contribution in [3.63, 3.8) is 0 Å². The fraction of sp³-hybridized carbons (Fsp3) is 0.136. The molecule has 0 atom stereocenters. The van der Waals surface area contributed by atoms with Crippen molar-refractivity contribution in [2.24, 2.45) is 0 Å². The molecule has 4 aromatic rings. The van der Waals surface area contributed by atoms with Gasteiger partial charge in [-0.2, -0.15) is 0 Å². The van der Waals surface area contributed by atoms with E-state index in [0.29, 0.717) is 34.6 Å². The van der Waals surface area contributed by atoms with E-state index in [1.807, 2.05) is 62.4 Å². The summed E-state index contributed by atoms with van der Waals surface area (Å²) < 4.78 is 5.41. The number of pyridine rings is 1. The van der Waals surface area contributed by atoms with Crippen LogP contribution < -0.4 is 4.90 Å². The molecule has 3 aromatic heterocycles. The van der Waals surface area contributed by atoms with Crippen LogP contribution in [0.5, 0.6) is 0 Å². The van der Waals surface area contributed by atoms with Crippen LogP contribution >= 0.6 is 11.3 Å². The summed E-state index contributed by atoms with van der Waals surface area (Å²) in [6.45, 7) is 8.06. The summed E-state index contributed by atoms with van der Waals surface area (Å²) in [6, 6.07) is 15.4. The first-order valence-electron chi connectivity index (χ1n) is 8.90. The molecule has 0 aliphatic carbocycles. The van der Waals surface area contributed by atoms with Crippen molar-refractivity contribution in [2.75, 3.05) is 11.4 Å². The normalized spacial score (nSPS) is 10.9. The molecule has 0 radical (unpaired) electrons. The first kappa shape index (κ1) is 18.1. The smallest absolute Gasteiger partial charge is 0.259 e. The third kappa shape index (κ3) is 3.23. The highest BCUT2D eigenvalue weighted by molar-refractivity contribution is 7.15. The van der Waals surface area contributed by atoms with Gasteiger partial charge < -0.3 is 9.42 Å². The van der Waals surface area contributed by atoms with Crippen molar-refractivity contribution >= 4 is 34.0 Å². The van der Waals surface area contributed by atoms with E-state index in [9.17, 15) is 4.79 Å². The number of rotatable bonds is 5. The maximum Gasteiger partial charge on any atom is 0.259 e. The first-order valence-corrected chi connectivity index (χ1v) is 9.72. The molecule has 0 N–H and O–H groups in total. The van der Waals surface area contributed by atoms with Crippen LogP contribution in [0.15, 0.2) is 65.7 Å². The van der Waals surface area contributed by atoms with Gasteiger partial charge in [-0.3, -0.25) is 4.79 Å². The molecule has 5 nitrogen and oxygen atoms in total. The van der Waals surface area contributed by atoms with Crippen molar-refractivity contribution in [1.29, 1.82) is 0 Å². The van der Waals surface area contributed by atoms with Crippen LogP contribution in [0.3, 0.4) is 0 Å². The highest BCUT2D eigenvalue weighted by Crippen LogP contribution is 2.32. The molecule has 1 aromatic carbocycles. The minimum atomic E-state index is -0.140. The number of carbonyl (C=O) groups is 1. The largest absolute Gasteiger partial charge is 0.335 e. The summed E-state index contributed by atoms with van der Waals surface area (Å²) in [5.41, 5.74) is 3.05. The molecule has 28 heavy (non-hydrogen) atoms. The third-order valence-electron chi connectivity index (χ3n) is 4.47. The summed E-state index contributed by atoms with van der Waals surface area (Å²) in [5, 5.41) is 4.68. The lowest BCUT2D eigenvalue weighted by atomic mass is 10.1. The predicted molar refractivity (Wildman–Crippen MR) is 113 cm³/mol. The average Bonchev–Trinajstić information content (AvgIpc) is 3.31. The lowest BCUT2D eigenvalue weighted by Crippen LogP contribution is -2.31. The second-order valence-electron chi connectivity index (χ2n) is 6.45. The number of thiophene rings is 1. The van der Waals surface area contributed by atoms with Gasteiger partial charge in [-0.1, -0.05) is 29.4 Å². The maximum absolute atomic E-state index is 13.6. The second kappa shape index (κ2) is 7.40. The lowest BCUT2D eigenvalue weighted by Gasteiger charge is -2.22. The summed E-state index contributed by atoms with van der Waals surface area (Å²) in [6.07, 6.45) is 1.72. The number of anilines is 1. The molecule has 0 aliphatic rings. The SMILES string of the molecule is C=CCN(C(=O)c1cc(-c2ccc(C)s2)nc2onc(C)c12)c1ccccc1. The molecular formula is C22H19N3O2S. The molecule has 1 amide bonds. The van der Waals surface area contributed by atoms with Crippen molar-refractivity contribution in [3.8, 4) is 10.6 Å². The number of amides is 1.